The average Bonchev–Trinajstić information content (AvgIpc) is 2.12. The second kappa shape index (κ2) is 4.55. The fourth-order valence-electron chi connectivity index (χ4n) is 0.639. The molecular weight excluding hydrogens is 165 g/mol. The standard InChI is InChI=1S/C4H5NO4.K/c6-3-1-2-4(7)5(3)9-8;/h8H,1-2H2;/q;+1/p-1. The number of carbonyl (C=O) groups is 2. The molecule has 5 nitrogen and oxygen atoms in total. The van der Waals surface area contributed by atoms with Crippen molar-refractivity contribution >= 4 is 11.8 Å². The largest absolute Gasteiger partial charge is 1.00 e. The molecule has 0 bridgehead atoms. The van der Waals surface area contributed by atoms with Crippen molar-refractivity contribution in [3.05, 3.63) is 0 Å². The molecule has 0 spiro atoms. The van der Waals surface area contributed by atoms with Gasteiger partial charge in [-0.3, -0.25) is 9.59 Å². The van der Waals surface area contributed by atoms with Gasteiger partial charge in [0.1, 0.15) is 0 Å². The molecular formula is C4H4KNO4. The van der Waals surface area contributed by atoms with E-state index in [1.807, 2.05) is 0 Å². The van der Waals surface area contributed by atoms with Gasteiger partial charge in [-0.2, -0.15) is 5.06 Å². The summed E-state index contributed by atoms with van der Waals surface area (Å²) in [6.07, 6.45) is 0.169. The number of carbonyl (C=O) groups excluding carboxylic acids is 2. The van der Waals surface area contributed by atoms with Gasteiger partial charge < -0.3 is 10.2 Å². The molecule has 6 heteroatoms. The van der Waals surface area contributed by atoms with E-state index < -0.39 is 11.8 Å². The minimum absolute atomic E-state index is 0. The van der Waals surface area contributed by atoms with Crippen LogP contribution in [0.1, 0.15) is 12.8 Å². The minimum atomic E-state index is -0.560. The van der Waals surface area contributed by atoms with Crippen molar-refractivity contribution in [3.8, 4) is 0 Å². The number of nitrogens with zero attached hydrogens (tertiary/aromatic N) is 1. The molecule has 1 rings (SSSR count). The third-order valence-corrected chi connectivity index (χ3v) is 1.08. The maximum Gasteiger partial charge on any atom is 1.00 e. The van der Waals surface area contributed by atoms with E-state index in [1.165, 1.54) is 0 Å². The Labute approximate surface area is 99.6 Å². The van der Waals surface area contributed by atoms with E-state index >= 15 is 0 Å². The van der Waals surface area contributed by atoms with Gasteiger partial charge in [0.25, 0.3) is 11.8 Å². The van der Waals surface area contributed by atoms with Crippen LogP contribution in [-0.2, 0) is 14.6 Å². The Morgan fingerprint density at radius 1 is 1.30 bits per heavy atom. The molecule has 1 saturated heterocycles. The molecule has 1 fully saturated rings. The van der Waals surface area contributed by atoms with E-state index in [1.54, 1.807) is 0 Å². The summed E-state index contributed by atoms with van der Waals surface area (Å²) in [5.74, 6) is -1.12. The van der Waals surface area contributed by atoms with Gasteiger partial charge in [-0.1, -0.05) is 0 Å². The van der Waals surface area contributed by atoms with Crippen molar-refractivity contribution in [2.24, 2.45) is 0 Å². The third-order valence-electron chi connectivity index (χ3n) is 1.08. The predicted octanol–water partition coefficient (Wildman–Crippen LogP) is -4.65. The molecule has 1 aliphatic rings. The monoisotopic (exact) mass is 169 g/mol. The second-order valence-corrected chi connectivity index (χ2v) is 1.66. The Kier molecular flexibility index (Phi) is 4.87. The van der Waals surface area contributed by atoms with Crippen LogP contribution in [0.15, 0.2) is 0 Å². The Hall–Kier alpha value is 0.696. The first-order valence-electron chi connectivity index (χ1n) is 2.41. The molecule has 0 unspecified atom stereocenters. The van der Waals surface area contributed by atoms with Crippen LogP contribution in [-0.4, -0.2) is 16.9 Å². The van der Waals surface area contributed by atoms with Gasteiger partial charge in [0, 0.05) is 12.8 Å². The molecule has 0 N–H and O–H groups in total. The average molecular weight is 169 g/mol. The molecule has 1 aliphatic heterocycles. The van der Waals surface area contributed by atoms with Crippen LogP contribution in [0, 0.1) is 0 Å². The molecule has 0 aromatic carbocycles. The van der Waals surface area contributed by atoms with Gasteiger partial charge in [0.15, 0.2) is 0 Å². The van der Waals surface area contributed by atoms with E-state index in [0.29, 0.717) is 0 Å². The van der Waals surface area contributed by atoms with Crippen LogP contribution < -0.4 is 56.6 Å². The van der Waals surface area contributed by atoms with Gasteiger partial charge in [0.2, 0.25) is 0 Å². The Balaban J connectivity index is 0.000000810. The topological polar surface area (TPSA) is 69.7 Å². The second-order valence-electron chi connectivity index (χ2n) is 1.66. The summed E-state index contributed by atoms with van der Waals surface area (Å²) in [6, 6.07) is 0. The molecule has 50 valence electrons. The van der Waals surface area contributed by atoms with E-state index in [0.717, 1.165) is 0 Å². The maximum atomic E-state index is 10.4. The van der Waals surface area contributed by atoms with Crippen LogP contribution in [0.3, 0.4) is 0 Å². The minimum Gasteiger partial charge on any atom is -0.698 e. The molecule has 0 saturated carbocycles. The van der Waals surface area contributed by atoms with Crippen molar-refractivity contribution in [1.82, 2.24) is 5.06 Å². The first-order chi connectivity index (χ1) is 4.25. The molecule has 10 heavy (non-hydrogen) atoms. The fraction of sp³-hybridized carbons (Fsp3) is 0.500. The third kappa shape index (κ3) is 2.09. The number of imide groups is 1. The van der Waals surface area contributed by atoms with Gasteiger partial charge in [-0.05, 0) is 0 Å². The number of rotatable bonds is 1. The zero-order valence-electron chi connectivity index (χ0n) is 5.49. The Morgan fingerprint density at radius 2 is 1.70 bits per heavy atom. The van der Waals surface area contributed by atoms with E-state index in [2.05, 4.69) is 4.99 Å². The summed E-state index contributed by atoms with van der Waals surface area (Å²) in [5.41, 5.74) is 0. The number of amides is 2. The fourth-order valence-corrected chi connectivity index (χ4v) is 0.639. The van der Waals surface area contributed by atoms with Crippen molar-refractivity contribution in [3.63, 3.8) is 0 Å². The smallest absolute Gasteiger partial charge is 0.698 e. The zero-order chi connectivity index (χ0) is 6.85. The molecule has 0 aromatic heterocycles. The van der Waals surface area contributed by atoms with Crippen molar-refractivity contribution in [2.75, 3.05) is 0 Å². The van der Waals surface area contributed by atoms with Crippen LogP contribution in [0.25, 0.3) is 0 Å². The van der Waals surface area contributed by atoms with Crippen LogP contribution in [0.4, 0.5) is 0 Å². The van der Waals surface area contributed by atoms with Gasteiger partial charge in [-0.15, -0.1) is 0 Å². The van der Waals surface area contributed by atoms with E-state index in [-0.39, 0.29) is 69.3 Å². The van der Waals surface area contributed by atoms with Gasteiger partial charge in [-0.25, -0.2) is 0 Å². The first kappa shape index (κ1) is 10.7. The van der Waals surface area contributed by atoms with Crippen LogP contribution in [0.2, 0.25) is 0 Å². The van der Waals surface area contributed by atoms with Crippen LogP contribution >= 0.6 is 0 Å². The number of hydrogen-bond donors (Lipinski definition) is 0. The quantitative estimate of drug-likeness (QED) is 0.171. The number of hydroxylamine groups is 2. The molecule has 2 amide bonds. The summed E-state index contributed by atoms with van der Waals surface area (Å²) < 4.78 is 0. The molecule has 1 heterocycles. The van der Waals surface area contributed by atoms with Crippen LogP contribution in [0.5, 0.6) is 0 Å². The van der Waals surface area contributed by atoms with Crippen molar-refractivity contribution < 1.29 is 71.2 Å². The summed E-state index contributed by atoms with van der Waals surface area (Å²) in [5, 5.41) is 9.77. The summed E-state index contributed by atoms with van der Waals surface area (Å²) in [6.45, 7) is 0. The Morgan fingerprint density at radius 3 is 1.90 bits per heavy atom. The Bertz CT molecular complexity index is 143. The van der Waals surface area contributed by atoms with Crippen molar-refractivity contribution in [2.45, 2.75) is 12.8 Å². The molecule has 0 aromatic rings. The molecule has 0 aliphatic carbocycles. The maximum absolute atomic E-state index is 10.4. The van der Waals surface area contributed by atoms with E-state index in [4.69, 9.17) is 0 Å². The van der Waals surface area contributed by atoms with Crippen molar-refractivity contribution in [1.29, 1.82) is 0 Å². The summed E-state index contributed by atoms with van der Waals surface area (Å²) in [4.78, 5) is 24.0. The van der Waals surface area contributed by atoms with E-state index in [9.17, 15) is 14.8 Å². The number of hydrogen-bond acceptors (Lipinski definition) is 4. The summed E-state index contributed by atoms with van der Waals surface area (Å²) in [7, 11) is 0. The zero-order valence-corrected chi connectivity index (χ0v) is 8.62. The SMILES string of the molecule is O=C1CCC(=O)N1O[O-].[K+]. The van der Waals surface area contributed by atoms with Gasteiger partial charge >= 0.3 is 51.4 Å². The normalized spacial score (nSPS) is 17.5. The van der Waals surface area contributed by atoms with Gasteiger partial charge in [0.05, 0.1) is 0 Å². The first-order valence-corrected chi connectivity index (χ1v) is 2.41. The summed E-state index contributed by atoms with van der Waals surface area (Å²) >= 11 is 0. The predicted molar refractivity (Wildman–Crippen MR) is 22.2 cm³/mol. The molecule has 0 radical (unpaired) electrons. The molecule has 0 atom stereocenters.